The van der Waals surface area contributed by atoms with Gasteiger partial charge in [-0.3, -0.25) is 9.59 Å². The van der Waals surface area contributed by atoms with Crippen molar-refractivity contribution in [3.8, 4) is 0 Å². The Kier molecular flexibility index (Phi) is 3.32. The van der Waals surface area contributed by atoms with E-state index in [1.807, 2.05) is 29.2 Å². The number of carbonyl (C=O) groups excluding carboxylic acids is 2. The van der Waals surface area contributed by atoms with Crippen molar-refractivity contribution in [2.45, 2.75) is 38.1 Å². The van der Waals surface area contributed by atoms with Gasteiger partial charge in [0.15, 0.2) is 5.82 Å². The second kappa shape index (κ2) is 5.37. The van der Waals surface area contributed by atoms with Crippen molar-refractivity contribution >= 4 is 28.5 Å². The lowest BCUT2D eigenvalue weighted by molar-refractivity contribution is -0.129. The molecule has 1 aromatic carbocycles. The minimum Gasteiger partial charge on any atom is -0.382 e. The third-order valence-corrected chi connectivity index (χ3v) is 5.10. The maximum absolute atomic E-state index is 12.8. The van der Waals surface area contributed by atoms with Crippen molar-refractivity contribution in [1.29, 1.82) is 0 Å². The molecule has 0 radical (unpaired) electrons. The van der Waals surface area contributed by atoms with Crippen molar-refractivity contribution in [3.05, 3.63) is 24.3 Å². The Hall–Kier alpha value is -2.37. The molecule has 6 heteroatoms. The Labute approximate surface area is 134 Å². The largest absolute Gasteiger partial charge is 0.382 e. The molecule has 120 valence electrons. The minimum absolute atomic E-state index is 0.0969. The average Bonchev–Trinajstić information content (AvgIpc) is 3.26. The molecule has 1 aliphatic carbocycles. The molecular weight excluding hydrogens is 292 g/mol. The predicted octanol–water partition coefficient (Wildman–Crippen LogP) is 2.05. The fraction of sp³-hybridized carbons (Fsp3) is 0.471. The number of benzene rings is 1. The highest BCUT2D eigenvalue weighted by Crippen LogP contribution is 2.31. The van der Waals surface area contributed by atoms with E-state index < -0.39 is 0 Å². The number of carbonyl (C=O) groups is 2. The molecule has 2 N–H and O–H groups in total. The molecule has 1 aliphatic heterocycles. The number of nitrogens with two attached hydrogens (primary N) is 1. The lowest BCUT2D eigenvalue weighted by Gasteiger charge is -2.23. The highest BCUT2D eigenvalue weighted by Gasteiger charge is 2.39. The number of amides is 1. The zero-order valence-electron chi connectivity index (χ0n) is 12.9. The quantitative estimate of drug-likeness (QED) is 0.920. The van der Waals surface area contributed by atoms with E-state index in [1.165, 1.54) is 17.5 Å². The predicted molar refractivity (Wildman–Crippen MR) is 86.8 cm³/mol. The molecule has 1 amide bonds. The van der Waals surface area contributed by atoms with Gasteiger partial charge in [-0.2, -0.15) is 4.68 Å². The molecule has 0 bridgehead atoms. The number of likely N-dealkylation sites (tertiary alicyclic amines) is 1. The normalized spacial score (nSPS) is 22.3. The van der Waals surface area contributed by atoms with Crippen LogP contribution >= 0.6 is 0 Å². The molecule has 1 saturated carbocycles. The van der Waals surface area contributed by atoms with Crippen LogP contribution in [0.1, 0.15) is 36.9 Å². The molecular formula is C17H20N4O2. The van der Waals surface area contributed by atoms with Crippen molar-refractivity contribution in [2.75, 3.05) is 12.3 Å². The van der Waals surface area contributed by atoms with Crippen LogP contribution in [0.25, 0.3) is 10.9 Å². The van der Waals surface area contributed by atoms with Crippen LogP contribution in [-0.2, 0) is 4.79 Å². The van der Waals surface area contributed by atoms with E-state index >= 15 is 0 Å². The lowest BCUT2D eigenvalue weighted by atomic mass is 10.1. The first-order valence-corrected chi connectivity index (χ1v) is 8.22. The summed E-state index contributed by atoms with van der Waals surface area (Å²) in [5.74, 6) is -0.0110. The summed E-state index contributed by atoms with van der Waals surface area (Å²) in [5.41, 5.74) is 6.62. The molecule has 1 atom stereocenters. The Bertz CT molecular complexity index is 776. The van der Waals surface area contributed by atoms with Crippen molar-refractivity contribution in [1.82, 2.24) is 14.7 Å². The number of anilines is 1. The summed E-state index contributed by atoms with van der Waals surface area (Å²) in [5, 5.41) is 4.97. The molecule has 1 saturated heterocycles. The van der Waals surface area contributed by atoms with Crippen molar-refractivity contribution in [3.63, 3.8) is 0 Å². The Morgan fingerprint density at radius 3 is 2.74 bits per heavy atom. The number of aromatic nitrogens is 2. The van der Waals surface area contributed by atoms with Gasteiger partial charge in [0, 0.05) is 24.4 Å². The summed E-state index contributed by atoms with van der Waals surface area (Å²) >= 11 is 0. The van der Waals surface area contributed by atoms with E-state index in [-0.39, 0.29) is 24.2 Å². The third-order valence-electron chi connectivity index (χ3n) is 5.10. The summed E-state index contributed by atoms with van der Waals surface area (Å²) in [6, 6.07) is 7.74. The van der Waals surface area contributed by atoms with E-state index in [2.05, 4.69) is 5.10 Å². The first-order chi connectivity index (χ1) is 11.1. The average molecular weight is 312 g/mol. The van der Waals surface area contributed by atoms with Crippen molar-refractivity contribution in [2.24, 2.45) is 5.92 Å². The van der Waals surface area contributed by atoms with Crippen LogP contribution < -0.4 is 5.73 Å². The van der Waals surface area contributed by atoms with Gasteiger partial charge in [-0.25, -0.2) is 0 Å². The van der Waals surface area contributed by atoms with Gasteiger partial charge >= 0.3 is 0 Å². The second-order valence-electron chi connectivity index (χ2n) is 6.54. The standard InChI is InChI=1S/C17H20N4O2/c18-16-13-7-3-4-8-14(13)21(19-16)17(23)11-9-15(22)20(10-11)12-5-1-2-6-12/h3-4,7-8,11-12H,1-2,5-6,9-10H2,(H2,18,19). The van der Waals surface area contributed by atoms with Crippen LogP contribution in [0.5, 0.6) is 0 Å². The van der Waals surface area contributed by atoms with Crippen LogP contribution in [0.2, 0.25) is 0 Å². The molecule has 23 heavy (non-hydrogen) atoms. The number of fused-ring (bicyclic) bond motifs is 1. The Morgan fingerprint density at radius 1 is 1.22 bits per heavy atom. The van der Waals surface area contributed by atoms with Crippen LogP contribution in [-0.4, -0.2) is 39.1 Å². The molecule has 6 nitrogen and oxygen atoms in total. The Morgan fingerprint density at radius 2 is 1.96 bits per heavy atom. The van der Waals surface area contributed by atoms with E-state index in [9.17, 15) is 9.59 Å². The molecule has 2 aromatic rings. The summed E-state index contributed by atoms with van der Waals surface area (Å²) in [7, 11) is 0. The summed E-state index contributed by atoms with van der Waals surface area (Å²) in [6.45, 7) is 0.510. The number of hydrogen-bond acceptors (Lipinski definition) is 4. The first-order valence-electron chi connectivity index (χ1n) is 8.22. The molecule has 0 spiro atoms. The van der Waals surface area contributed by atoms with Gasteiger partial charge < -0.3 is 10.6 Å². The summed E-state index contributed by atoms with van der Waals surface area (Å²) in [6.07, 6.45) is 4.75. The van der Waals surface area contributed by atoms with Gasteiger partial charge in [-0.15, -0.1) is 5.10 Å². The maximum atomic E-state index is 12.8. The second-order valence-corrected chi connectivity index (χ2v) is 6.54. The molecule has 2 fully saturated rings. The third kappa shape index (κ3) is 2.29. The first kappa shape index (κ1) is 14.2. The van der Waals surface area contributed by atoms with E-state index in [4.69, 9.17) is 5.73 Å². The van der Waals surface area contributed by atoms with Gasteiger partial charge in [0.2, 0.25) is 5.91 Å². The molecule has 4 rings (SSSR count). The topological polar surface area (TPSA) is 81.2 Å². The number of nitrogen functional groups attached to an aromatic ring is 1. The van der Waals surface area contributed by atoms with Gasteiger partial charge in [0.05, 0.1) is 11.4 Å². The van der Waals surface area contributed by atoms with Crippen LogP contribution in [0.4, 0.5) is 5.82 Å². The zero-order chi connectivity index (χ0) is 16.0. The minimum atomic E-state index is -0.328. The van der Waals surface area contributed by atoms with E-state index in [1.54, 1.807) is 0 Å². The molecule has 2 heterocycles. The van der Waals surface area contributed by atoms with Crippen LogP contribution in [0.15, 0.2) is 24.3 Å². The van der Waals surface area contributed by atoms with E-state index in [0.29, 0.717) is 23.9 Å². The van der Waals surface area contributed by atoms with E-state index in [0.717, 1.165) is 18.2 Å². The highest BCUT2D eigenvalue weighted by atomic mass is 16.2. The zero-order valence-corrected chi connectivity index (χ0v) is 12.9. The van der Waals surface area contributed by atoms with Gasteiger partial charge in [-0.05, 0) is 25.0 Å². The summed E-state index contributed by atoms with van der Waals surface area (Å²) < 4.78 is 1.38. The molecule has 2 aliphatic rings. The number of rotatable bonds is 2. The molecule has 1 unspecified atom stereocenters. The highest BCUT2D eigenvalue weighted by molar-refractivity contribution is 5.99. The number of nitrogens with zero attached hydrogens (tertiary/aromatic N) is 3. The maximum Gasteiger partial charge on any atom is 0.252 e. The van der Waals surface area contributed by atoms with Crippen LogP contribution in [0, 0.1) is 5.92 Å². The fourth-order valence-electron chi connectivity index (χ4n) is 3.90. The fourth-order valence-corrected chi connectivity index (χ4v) is 3.90. The number of para-hydroxylation sites is 1. The van der Waals surface area contributed by atoms with Gasteiger partial charge in [0.25, 0.3) is 5.91 Å². The monoisotopic (exact) mass is 312 g/mol. The summed E-state index contributed by atoms with van der Waals surface area (Å²) in [4.78, 5) is 27.0. The Balaban J connectivity index is 1.60. The van der Waals surface area contributed by atoms with Crippen LogP contribution in [0.3, 0.4) is 0 Å². The van der Waals surface area contributed by atoms with Gasteiger partial charge in [-0.1, -0.05) is 25.0 Å². The lowest BCUT2D eigenvalue weighted by Crippen LogP contribution is -2.35. The smallest absolute Gasteiger partial charge is 0.252 e. The van der Waals surface area contributed by atoms with Gasteiger partial charge in [0.1, 0.15) is 0 Å². The SMILES string of the molecule is Nc1nn(C(=O)C2CC(=O)N(C3CCCC3)C2)c2ccccc12. The number of hydrogen-bond donors (Lipinski definition) is 1. The molecule has 1 aromatic heterocycles. The van der Waals surface area contributed by atoms with Crippen molar-refractivity contribution < 1.29 is 9.59 Å².